The fourth-order valence-electron chi connectivity index (χ4n) is 6.04. The van der Waals surface area contributed by atoms with Crippen molar-refractivity contribution in [1.82, 2.24) is 4.90 Å². The highest BCUT2D eigenvalue weighted by atomic mass is 79.9. The molecule has 0 aliphatic carbocycles. The molecule has 1 spiro atoms. The highest BCUT2D eigenvalue weighted by Gasteiger charge is 2.69. The van der Waals surface area contributed by atoms with Crippen molar-refractivity contribution < 1.29 is 9.59 Å². The molecule has 6 rings (SSSR count). The molecule has 2 saturated heterocycles. The number of anilines is 1. The van der Waals surface area contributed by atoms with E-state index in [0.717, 1.165) is 46.0 Å². The summed E-state index contributed by atoms with van der Waals surface area (Å²) in [4.78, 5) is 30.7. The average molecular weight is 768 g/mol. The van der Waals surface area contributed by atoms with Crippen LogP contribution in [0.5, 0.6) is 0 Å². The van der Waals surface area contributed by atoms with Gasteiger partial charge in [-0.1, -0.05) is 78.1 Å². The number of benzene rings is 3. The normalized spacial score (nSPS) is 26.6. The number of hydrogen-bond acceptors (Lipinski definition) is 4. The van der Waals surface area contributed by atoms with E-state index >= 15 is 0 Å². The van der Waals surface area contributed by atoms with Crippen molar-refractivity contribution >= 4 is 98.9 Å². The molecule has 2 fully saturated rings. The van der Waals surface area contributed by atoms with Crippen LogP contribution in [0.3, 0.4) is 0 Å². The van der Waals surface area contributed by atoms with E-state index in [9.17, 15) is 9.59 Å². The van der Waals surface area contributed by atoms with Crippen LogP contribution >= 0.6 is 75.5 Å². The molecule has 1 amide bonds. The van der Waals surface area contributed by atoms with Crippen LogP contribution in [0.15, 0.2) is 84.6 Å². The van der Waals surface area contributed by atoms with Gasteiger partial charge in [0.2, 0.25) is 5.91 Å². The quantitative estimate of drug-likeness (QED) is 0.274. The van der Waals surface area contributed by atoms with E-state index in [1.807, 2.05) is 66.4 Å². The summed E-state index contributed by atoms with van der Waals surface area (Å²) in [6.07, 6.45) is 3.51. The predicted octanol–water partition coefficient (Wildman–Crippen LogP) is 7.96. The number of halogens is 4. The molecule has 3 heterocycles. The van der Waals surface area contributed by atoms with Crippen molar-refractivity contribution in [2.45, 2.75) is 17.5 Å². The number of ketones is 1. The zero-order chi connectivity index (χ0) is 25.9. The highest BCUT2D eigenvalue weighted by Crippen LogP contribution is 2.62. The summed E-state index contributed by atoms with van der Waals surface area (Å²) < 4.78 is 3.63. The summed E-state index contributed by atoms with van der Waals surface area (Å²) in [5, 5.41) is 3.14. The lowest BCUT2D eigenvalue weighted by Gasteiger charge is -2.36. The van der Waals surface area contributed by atoms with Gasteiger partial charge in [0.05, 0.1) is 11.6 Å². The molecule has 0 saturated carbocycles. The Kier molecular flexibility index (Phi) is 7.08. The molecule has 3 aromatic carbocycles. The second-order valence-electron chi connectivity index (χ2n) is 9.41. The van der Waals surface area contributed by atoms with Crippen LogP contribution in [0, 0.1) is 5.92 Å². The van der Waals surface area contributed by atoms with E-state index in [0.29, 0.717) is 5.88 Å². The number of nitrogens with one attached hydrogen (secondary N) is 1. The van der Waals surface area contributed by atoms with Gasteiger partial charge in [-0.15, -0.1) is 11.8 Å². The molecular formula is C28H20Br4N2O2S. The van der Waals surface area contributed by atoms with Crippen LogP contribution < -0.4 is 5.32 Å². The minimum atomic E-state index is -1.10. The first-order valence-corrected chi connectivity index (χ1v) is 16.0. The van der Waals surface area contributed by atoms with Crippen molar-refractivity contribution in [3.63, 3.8) is 0 Å². The Bertz CT molecular complexity index is 1440. The summed E-state index contributed by atoms with van der Waals surface area (Å²) in [5.41, 5.74) is 2.50. The maximum absolute atomic E-state index is 14.3. The van der Waals surface area contributed by atoms with E-state index in [1.165, 1.54) is 0 Å². The summed E-state index contributed by atoms with van der Waals surface area (Å²) in [5.74, 6) is 0.640. The van der Waals surface area contributed by atoms with Crippen molar-refractivity contribution in [2.24, 2.45) is 5.92 Å². The van der Waals surface area contributed by atoms with Gasteiger partial charge in [0, 0.05) is 47.0 Å². The molecule has 3 aromatic rings. The molecule has 3 aliphatic heterocycles. The van der Waals surface area contributed by atoms with Gasteiger partial charge in [0.1, 0.15) is 5.54 Å². The number of amides is 1. The zero-order valence-electron chi connectivity index (χ0n) is 19.3. The third kappa shape index (κ3) is 4.25. The van der Waals surface area contributed by atoms with Gasteiger partial charge in [-0.25, -0.2) is 0 Å². The van der Waals surface area contributed by atoms with Crippen molar-refractivity contribution in [2.75, 3.05) is 16.9 Å². The number of fused-ring (bicyclic) bond motifs is 4. The van der Waals surface area contributed by atoms with Crippen molar-refractivity contribution in [3.05, 3.63) is 101 Å². The Labute approximate surface area is 253 Å². The van der Waals surface area contributed by atoms with Gasteiger partial charge in [-0.3, -0.25) is 14.5 Å². The number of rotatable bonds is 4. The highest BCUT2D eigenvalue weighted by molar-refractivity contribution is 9.11. The van der Waals surface area contributed by atoms with Crippen LogP contribution in [-0.2, 0) is 15.1 Å². The SMILES string of the molecule is O=C(/C=C/c1ccc(Br)cc1)[C@H]1[C@H](c2ccc(Br)cc2)C2CSCN2C12C(=O)Nc1c(Br)cc(Br)cc12. The molecule has 4 atom stereocenters. The number of allylic oxidation sites excluding steroid dienone is 1. The first kappa shape index (κ1) is 26.0. The summed E-state index contributed by atoms with van der Waals surface area (Å²) in [7, 11) is 0. The Hall–Kier alpha value is -1.23. The molecule has 188 valence electrons. The summed E-state index contributed by atoms with van der Waals surface area (Å²) in [6.45, 7) is 0. The van der Waals surface area contributed by atoms with Crippen LogP contribution in [-0.4, -0.2) is 34.3 Å². The summed E-state index contributed by atoms with van der Waals surface area (Å²) in [6, 6.07) is 20.0. The zero-order valence-corrected chi connectivity index (χ0v) is 26.4. The maximum Gasteiger partial charge on any atom is 0.250 e. The first-order valence-electron chi connectivity index (χ1n) is 11.7. The van der Waals surface area contributed by atoms with Gasteiger partial charge in [-0.05, 0) is 69.5 Å². The Morgan fingerprint density at radius 3 is 2.35 bits per heavy atom. The molecule has 0 bridgehead atoms. The van der Waals surface area contributed by atoms with E-state index in [4.69, 9.17) is 0 Å². The molecule has 0 radical (unpaired) electrons. The third-order valence-electron chi connectivity index (χ3n) is 7.52. The predicted molar refractivity (Wildman–Crippen MR) is 164 cm³/mol. The van der Waals surface area contributed by atoms with Gasteiger partial charge < -0.3 is 5.32 Å². The molecular weight excluding hydrogens is 748 g/mol. The molecule has 9 heteroatoms. The third-order valence-corrected chi connectivity index (χ3v) is 10.7. The summed E-state index contributed by atoms with van der Waals surface area (Å²) >= 11 is 16.1. The lowest BCUT2D eigenvalue weighted by molar-refractivity contribution is -0.134. The fraction of sp³-hybridized carbons (Fsp3) is 0.214. The second kappa shape index (κ2) is 10.1. The largest absolute Gasteiger partial charge is 0.323 e. The van der Waals surface area contributed by atoms with Gasteiger partial charge >= 0.3 is 0 Å². The molecule has 37 heavy (non-hydrogen) atoms. The number of thioether (sulfide) groups is 1. The fourth-order valence-corrected chi connectivity index (χ4v) is 9.22. The Morgan fingerprint density at radius 2 is 1.65 bits per heavy atom. The minimum Gasteiger partial charge on any atom is -0.323 e. The smallest absolute Gasteiger partial charge is 0.250 e. The molecule has 3 aliphatic rings. The van der Waals surface area contributed by atoms with E-state index in [2.05, 4.69) is 86.1 Å². The lowest BCUT2D eigenvalue weighted by atomic mass is 9.70. The van der Waals surface area contributed by atoms with Crippen LogP contribution in [0.4, 0.5) is 5.69 Å². The van der Waals surface area contributed by atoms with Crippen molar-refractivity contribution in [3.8, 4) is 0 Å². The standard InChI is InChI=1S/C28H20Br4N2O2S/c29-17-6-1-15(2-7-17)3-10-23(35)25-24(16-4-8-18(30)9-5-16)22-13-37-14-34(22)28(25)20-11-19(31)12-21(32)26(20)33-27(28)36/h1-12,22,24-25H,13-14H2,(H,33,36)/b10-3+/t22?,24-,25+,28?/m1/s1. The monoisotopic (exact) mass is 764 g/mol. The van der Waals surface area contributed by atoms with E-state index in [1.54, 1.807) is 6.08 Å². The second-order valence-corrected chi connectivity index (χ2v) is 14.0. The lowest BCUT2D eigenvalue weighted by Crippen LogP contribution is -2.52. The maximum atomic E-state index is 14.3. The van der Waals surface area contributed by atoms with Crippen LogP contribution in [0.1, 0.15) is 22.6 Å². The van der Waals surface area contributed by atoms with Crippen molar-refractivity contribution in [1.29, 1.82) is 0 Å². The number of carbonyl (C=O) groups is 2. The Morgan fingerprint density at radius 1 is 0.973 bits per heavy atom. The van der Waals surface area contributed by atoms with E-state index in [-0.39, 0.29) is 23.7 Å². The van der Waals surface area contributed by atoms with Gasteiger partial charge in [0.15, 0.2) is 5.78 Å². The van der Waals surface area contributed by atoms with Crippen LogP contribution in [0.2, 0.25) is 0 Å². The molecule has 1 N–H and O–H groups in total. The Balaban J connectivity index is 1.55. The molecule has 2 unspecified atom stereocenters. The molecule has 0 aromatic heterocycles. The van der Waals surface area contributed by atoms with Gasteiger partial charge in [0.25, 0.3) is 0 Å². The van der Waals surface area contributed by atoms with Gasteiger partial charge in [-0.2, -0.15) is 0 Å². The number of nitrogens with zero attached hydrogens (tertiary/aromatic N) is 1. The number of hydrogen-bond donors (Lipinski definition) is 1. The minimum absolute atomic E-state index is 0.0469. The first-order chi connectivity index (χ1) is 17.8. The van der Waals surface area contributed by atoms with E-state index < -0.39 is 11.5 Å². The molecule has 4 nitrogen and oxygen atoms in total. The topological polar surface area (TPSA) is 49.4 Å². The van der Waals surface area contributed by atoms with Crippen LogP contribution in [0.25, 0.3) is 6.08 Å². The number of carbonyl (C=O) groups excluding carboxylic acids is 2. The average Bonchev–Trinajstić information content (AvgIpc) is 3.53.